The molecular formula is C25H25N7O3S. The summed E-state index contributed by atoms with van der Waals surface area (Å²) in [6.45, 7) is 3.18. The summed E-state index contributed by atoms with van der Waals surface area (Å²) in [5.41, 5.74) is -0.0185. The molecule has 0 radical (unpaired) electrons. The predicted molar refractivity (Wildman–Crippen MR) is 137 cm³/mol. The standard InChI is InChI=1S/C25H25N7O3S/c1-25(33,23-26-9-12-36-23)7-5-17-15-22-31(10-4-11-32(22)30-17)21-6-8-27-24(29-21)28-18-13-19(34-2)16-20(14-18)35-3/h6,8-9,12-16,33H,4,10-11H2,1-3H3,(H,27,28,29). The minimum absolute atomic E-state index is 0.443. The van der Waals surface area contributed by atoms with E-state index in [1.165, 1.54) is 11.3 Å². The summed E-state index contributed by atoms with van der Waals surface area (Å²) in [5, 5.41) is 20.9. The van der Waals surface area contributed by atoms with Gasteiger partial charge in [0.25, 0.3) is 0 Å². The van der Waals surface area contributed by atoms with E-state index in [1.54, 1.807) is 39.6 Å². The second-order valence-corrected chi connectivity index (χ2v) is 9.13. The van der Waals surface area contributed by atoms with Gasteiger partial charge >= 0.3 is 0 Å². The third-order valence-corrected chi connectivity index (χ3v) is 6.58. The molecule has 0 saturated carbocycles. The van der Waals surface area contributed by atoms with Crippen LogP contribution in [0.2, 0.25) is 0 Å². The van der Waals surface area contributed by atoms with Gasteiger partial charge in [-0.3, -0.25) is 0 Å². The minimum Gasteiger partial charge on any atom is -0.497 e. The van der Waals surface area contributed by atoms with Crippen LogP contribution in [0.4, 0.5) is 23.3 Å². The van der Waals surface area contributed by atoms with Crippen molar-refractivity contribution in [2.45, 2.75) is 25.5 Å². The molecule has 0 spiro atoms. The highest BCUT2D eigenvalue weighted by Gasteiger charge is 2.24. The summed E-state index contributed by atoms with van der Waals surface area (Å²) in [7, 11) is 3.21. The summed E-state index contributed by atoms with van der Waals surface area (Å²) in [4.78, 5) is 15.4. The molecule has 184 valence electrons. The van der Waals surface area contributed by atoms with Gasteiger partial charge in [0.15, 0.2) is 5.60 Å². The van der Waals surface area contributed by atoms with Crippen molar-refractivity contribution in [2.24, 2.45) is 0 Å². The molecule has 1 atom stereocenters. The quantitative estimate of drug-likeness (QED) is 0.381. The highest BCUT2D eigenvalue weighted by atomic mass is 32.1. The number of fused-ring (bicyclic) bond motifs is 1. The summed E-state index contributed by atoms with van der Waals surface area (Å²) in [5.74, 6) is 9.29. The Kier molecular flexibility index (Phi) is 6.45. The van der Waals surface area contributed by atoms with E-state index in [9.17, 15) is 5.11 Å². The molecule has 0 saturated heterocycles. The van der Waals surface area contributed by atoms with Crippen LogP contribution in [0, 0.1) is 11.8 Å². The van der Waals surface area contributed by atoms with Gasteiger partial charge in [0.05, 0.1) is 14.2 Å². The van der Waals surface area contributed by atoms with Crippen molar-refractivity contribution in [2.75, 3.05) is 31.0 Å². The fourth-order valence-electron chi connectivity index (χ4n) is 3.85. The Morgan fingerprint density at radius 2 is 1.89 bits per heavy atom. The van der Waals surface area contributed by atoms with E-state index in [0.29, 0.717) is 28.1 Å². The summed E-state index contributed by atoms with van der Waals surface area (Å²) < 4.78 is 12.6. The van der Waals surface area contributed by atoms with E-state index in [2.05, 4.69) is 37.1 Å². The predicted octanol–water partition coefficient (Wildman–Crippen LogP) is 3.69. The monoisotopic (exact) mass is 503 g/mol. The first kappa shape index (κ1) is 23.6. The molecule has 36 heavy (non-hydrogen) atoms. The Hall–Kier alpha value is -4.14. The number of nitrogens with zero attached hydrogens (tertiary/aromatic N) is 6. The fraction of sp³-hybridized carbons (Fsp3) is 0.280. The van der Waals surface area contributed by atoms with Crippen molar-refractivity contribution in [3.8, 4) is 23.3 Å². The molecule has 0 fully saturated rings. The second kappa shape index (κ2) is 9.85. The average molecular weight is 504 g/mol. The number of benzene rings is 1. The molecule has 4 heterocycles. The maximum absolute atomic E-state index is 10.7. The molecule has 5 rings (SSSR count). The highest BCUT2D eigenvalue weighted by Crippen LogP contribution is 2.31. The SMILES string of the molecule is COc1cc(Nc2nccc(N3CCCn4nc(C#CC(C)(O)c5nccs5)cc43)n2)cc(OC)c1. The van der Waals surface area contributed by atoms with Crippen LogP contribution in [0.25, 0.3) is 0 Å². The van der Waals surface area contributed by atoms with E-state index < -0.39 is 5.60 Å². The third kappa shape index (κ3) is 4.95. The smallest absolute Gasteiger partial charge is 0.229 e. The number of aromatic nitrogens is 5. The highest BCUT2D eigenvalue weighted by molar-refractivity contribution is 7.09. The molecule has 0 aliphatic carbocycles. The molecule has 0 amide bonds. The number of anilines is 4. The first-order valence-electron chi connectivity index (χ1n) is 11.3. The van der Waals surface area contributed by atoms with Gasteiger partial charge in [-0.2, -0.15) is 10.1 Å². The van der Waals surface area contributed by atoms with E-state index in [-0.39, 0.29) is 0 Å². The van der Waals surface area contributed by atoms with Gasteiger partial charge in [-0.15, -0.1) is 11.3 Å². The van der Waals surface area contributed by atoms with Crippen LogP contribution in [0.1, 0.15) is 24.0 Å². The fourth-order valence-corrected chi connectivity index (χ4v) is 4.50. The number of thiazole rings is 1. The number of nitrogens with one attached hydrogen (secondary N) is 1. The molecule has 2 N–H and O–H groups in total. The summed E-state index contributed by atoms with van der Waals surface area (Å²) >= 11 is 1.36. The van der Waals surface area contributed by atoms with E-state index in [4.69, 9.17) is 14.5 Å². The largest absolute Gasteiger partial charge is 0.497 e. The number of hydrogen-bond donors (Lipinski definition) is 2. The Morgan fingerprint density at radius 3 is 2.61 bits per heavy atom. The van der Waals surface area contributed by atoms with Gasteiger partial charge in [0.2, 0.25) is 5.95 Å². The van der Waals surface area contributed by atoms with Crippen LogP contribution in [-0.2, 0) is 12.1 Å². The van der Waals surface area contributed by atoms with Crippen LogP contribution < -0.4 is 19.7 Å². The van der Waals surface area contributed by atoms with Gasteiger partial charge < -0.3 is 24.8 Å². The van der Waals surface area contributed by atoms with Crippen molar-refractivity contribution in [1.29, 1.82) is 0 Å². The first-order valence-corrected chi connectivity index (χ1v) is 12.2. The Bertz CT molecular complexity index is 1400. The van der Waals surface area contributed by atoms with Gasteiger partial charge in [-0.1, -0.05) is 5.92 Å². The molecule has 0 bridgehead atoms. The lowest BCUT2D eigenvalue weighted by Gasteiger charge is -2.28. The maximum atomic E-state index is 10.7. The average Bonchev–Trinajstić information content (AvgIpc) is 3.58. The second-order valence-electron chi connectivity index (χ2n) is 8.24. The van der Waals surface area contributed by atoms with Crippen molar-refractivity contribution in [1.82, 2.24) is 24.7 Å². The van der Waals surface area contributed by atoms with Crippen LogP contribution in [0.3, 0.4) is 0 Å². The summed E-state index contributed by atoms with van der Waals surface area (Å²) in [6.07, 6.45) is 4.26. The van der Waals surface area contributed by atoms with Crippen molar-refractivity contribution < 1.29 is 14.6 Å². The molecule has 1 aliphatic heterocycles. The minimum atomic E-state index is -1.34. The molecule has 11 heteroatoms. The Labute approximate surface area is 212 Å². The maximum Gasteiger partial charge on any atom is 0.229 e. The molecule has 1 unspecified atom stereocenters. The Balaban J connectivity index is 1.40. The zero-order valence-electron chi connectivity index (χ0n) is 20.1. The normalized spacial score (nSPS) is 14.3. The number of hydrogen-bond acceptors (Lipinski definition) is 10. The molecule has 1 aromatic carbocycles. The number of aliphatic hydroxyl groups is 1. The van der Waals surface area contributed by atoms with Crippen molar-refractivity contribution >= 4 is 34.6 Å². The molecular weight excluding hydrogens is 478 g/mol. The molecule has 10 nitrogen and oxygen atoms in total. The Morgan fingerprint density at radius 1 is 1.08 bits per heavy atom. The van der Waals surface area contributed by atoms with Crippen LogP contribution in [0.15, 0.2) is 48.1 Å². The van der Waals surface area contributed by atoms with Crippen LogP contribution in [0.5, 0.6) is 11.5 Å². The lowest BCUT2D eigenvalue weighted by molar-refractivity contribution is 0.122. The molecule has 3 aromatic heterocycles. The van der Waals surface area contributed by atoms with E-state index in [0.717, 1.165) is 36.8 Å². The zero-order chi connectivity index (χ0) is 25.1. The lowest BCUT2D eigenvalue weighted by Crippen LogP contribution is -2.28. The molecule has 1 aliphatic rings. The van der Waals surface area contributed by atoms with E-state index >= 15 is 0 Å². The molecule has 4 aromatic rings. The summed E-state index contributed by atoms with van der Waals surface area (Å²) in [6, 6.07) is 9.26. The van der Waals surface area contributed by atoms with Gasteiger partial charge in [0, 0.05) is 60.8 Å². The number of methoxy groups -OCH3 is 2. The van der Waals surface area contributed by atoms with Crippen LogP contribution >= 0.6 is 11.3 Å². The zero-order valence-corrected chi connectivity index (χ0v) is 20.9. The van der Waals surface area contributed by atoms with Crippen LogP contribution in [-0.4, -0.2) is 50.6 Å². The number of ether oxygens (including phenoxy) is 2. The first-order chi connectivity index (χ1) is 17.4. The lowest BCUT2D eigenvalue weighted by atomic mass is 10.1. The van der Waals surface area contributed by atoms with Gasteiger partial charge in [-0.25, -0.2) is 14.6 Å². The third-order valence-electron chi connectivity index (χ3n) is 5.59. The van der Waals surface area contributed by atoms with Gasteiger partial charge in [0.1, 0.15) is 33.8 Å². The van der Waals surface area contributed by atoms with E-state index in [1.807, 2.05) is 34.3 Å². The van der Waals surface area contributed by atoms with Gasteiger partial charge in [-0.05, 0) is 25.3 Å². The number of rotatable bonds is 6. The van der Waals surface area contributed by atoms with Crippen molar-refractivity contribution in [3.63, 3.8) is 0 Å². The van der Waals surface area contributed by atoms with Crippen molar-refractivity contribution in [3.05, 3.63) is 58.8 Å². The topological polar surface area (TPSA) is 110 Å². The number of aryl methyl sites for hydroxylation is 1.